The zero-order valence-electron chi connectivity index (χ0n) is 20.7. The summed E-state index contributed by atoms with van der Waals surface area (Å²) in [7, 11) is 0. The number of ether oxygens (including phenoxy) is 2. The van der Waals surface area contributed by atoms with Crippen molar-refractivity contribution in [2.24, 2.45) is 11.8 Å². The zero-order chi connectivity index (χ0) is 23.9. The Hall–Kier alpha value is -2.24. The topological polar surface area (TPSA) is 48.3 Å². The number of imidazole rings is 1. The van der Waals surface area contributed by atoms with Gasteiger partial charge in [0.25, 0.3) is 0 Å². The van der Waals surface area contributed by atoms with Gasteiger partial charge in [-0.3, -0.25) is 0 Å². The number of nitrogens with zero attached hydrogens (tertiary/aromatic N) is 2. The van der Waals surface area contributed by atoms with Crippen LogP contribution in [0.1, 0.15) is 63.6 Å². The molecule has 2 heterocycles. The van der Waals surface area contributed by atoms with Crippen molar-refractivity contribution in [1.29, 1.82) is 0 Å². The molecule has 188 valence electrons. The number of halogens is 1. The Morgan fingerprint density at radius 2 is 1.71 bits per heavy atom. The summed E-state index contributed by atoms with van der Waals surface area (Å²) in [6.45, 7) is 4.47. The highest BCUT2D eigenvalue weighted by Crippen LogP contribution is 2.30. The fourth-order valence-electron chi connectivity index (χ4n) is 5.59. The zero-order valence-corrected chi connectivity index (χ0v) is 21.4. The molecule has 1 saturated carbocycles. The first-order chi connectivity index (χ1) is 17.3. The average molecular weight is 496 g/mol. The van der Waals surface area contributed by atoms with E-state index in [4.69, 9.17) is 26.1 Å². The largest absolute Gasteiger partial charge is 0.491 e. The number of hydrogen-bond acceptors (Lipinski definition) is 4. The molecule has 6 heteroatoms. The van der Waals surface area contributed by atoms with E-state index >= 15 is 0 Å². The molecule has 2 fully saturated rings. The third kappa shape index (κ3) is 6.50. The lowest BCUT2D eigenvalue weighted by Crippen LogP contribution is -2.27. The normalized spacial score (nSPS) is 17.6. The summed E-state index contributed by atoms with van der Waals surface area (Å²) in [5, 5.41) is 4.19. The monoisotopic (exact) mass is 495 g/mol. The van der Waals surface area contributed by atoms with Gasteiger partial charge in [-0.15, -0.1) is 0 Å². The molecule has 0 radical (unpaired) electrons. The van der Waals surface area contributed by atoms with Crippen molar-refractivity contribution in [2.75, 3.05) is 19.7 Å². The summed E-state index contributed by atoms with van der Waals surface area (Å²) >= 11 is 6.04. The van der Waals surface area contributed by atoms with Crippen molar-refractivity contribution in [2.45, 2.75) is 70.9 Å². The fourth-order valence-corrected chi connectivity index (χ4v) is 5.72. The molecule has 35 heavy (non-hydrogen) atoms. The van der Waals surface area contributed by atoms with Crippen LogP contribution in [0.15, 0.2) is 42.5 Å². The van der Waals surface area contributed by atoms with Crippen molar-refractivity contribution >= 4 is 22.6 Å². The number of fused-ring (bicyclic) bond motifs is 1. The van der Waals surface area contributed by atoms with E-state index in [9.17, 15) is 0 Å². The number of piperidine rings is 1. The Bertz CT molecular complexity index is 1070. The second kappa shape index (κ2) is 12.1. The molecule has 5 nitrogen and oxygen atoms in total. The average Bonchev–Trinajstić information content (AvgIpc) is 3.26. The summed E-state index contributed by atoms with van der Waals surface area (Å²) in [5.41, 5.74) is 2.10. The third-order valence-corrected chi connectivity index (χ3v) is 7.91. The van der Waals surface area contributed by atoms with Gasteiger partial charge in [-0.1, -0.05) is 36.9 Å². The van der Waals surface area contributed by atoms with Crippen LogP contribution in [0.4, 0.5) is 0 Å². The number of hydrogen-bond donors (Lipinski definition) is 1. The van der Waals surface area contributed by atoms with Crippen molar-refractivity contribution in [3.05, 3.63) is 53.3 Å². The van der Waals surface area contributed by atoms with Gasteiger partial charge in [0, 0.05) is 11.6 Å². The molecule has 1 aromatic heterocycles. The minimum Gasteiger partial charge on any atom is -0.491 e. The predicted octanol–water partition coefficient (Wildman–Crippen LogP) is 7.01. The van der Waals surface area contributed by atoms with E-state index in [0.717, 1.165) is 66.9 Å². The molecule has 2 aromatic carbocycles. The Kier molecular flexibility index (Phi) is 8.48. The van der Waals surface area contributed by atoms with Gasteiger partial charge in [-0.25, -0.2) is 4.98 Å². The van der Waals surface area contributed by atoms with Crippen LogP contribution < -0.4 is 14.8 Å². The van der Waals surface area contributed by atoms with Gasteiger partial charge in [0.05, 0.1) is 12.1 Å². The number of aromatic nitrogens is 2. The summed E-state index contributed by atoms with van der Waals surface area (Å²) in [4.78, 5) is 5.05. The van der Waals surface area contributed by atoms with Crippen molar-refractivity contribution in [3.63, 3.8) is 0 Å². The summed E-state index contributed by atoms with van der Waals surface area (Å²) in [5.74, 6) is 4.15. The number of para-hydroxylation sites is 1. The van der Waals surface area contributed by atoms with Gasteiger partial charge in [-0.2, -0.15) is 0 Å². The van der Waals surface area contributed by atoms with Crippen LogP contribution in [-0.4, -0.2) is 29.2 Å². The van der Waals surface area contributed by atoms with E-state index in [1.165, 1.54) is 51.4 Å². The van der Waals surface area contributed by atoms with Gasteiger partial charge in [0.2, 0.25) is 0 Å². The van der Waals surface area contributed by atoms with Gasteiger partial charge >= 0.3 is 0 Å². The van der Waals surface area contributed by atoms with E-state index in [1.807, 2.05) is 24.3 Å². The Balaban J connectivity index is 1.33. The maximum atomic E-state index is 6.36. The van der Waals surface area contributed by atoms with Crippen molar-refractivity contribution in [3.8, 4) is 11.5 Å². The van der Waals surface area contributed by atoms with E-state index in [-0.39, 0.29) is 0 Å². The first-order valence-electron chi connectivity index (χ1n) is 13.5. The predicted molar refractivity (Wildman–Crippen MR) is 142 cm³/mol. The van der Waals surface area contributed by atoms with Crippen molar-refractivity contribution < 1.29 is 9.47 Å². The van der Waals surface area contributed by atoms with E-state index < -0.39 is 0 Å². The molecule has 1 saturated heterocycles. The highest BCUT2D eigenvalue weighted by Gasteiger charge is 2.19. The third-order valence-electron chi connectivity index (χ3n) is 7.65. The summed E-state index contributed by atoms with van der Waals surface area (Å²) in [6.07, 6.45) is 11.6. The van der Waals surface area contributed by atoms with E-state index in [0.29, 0.717) is 17.5 Å². The standard InChI is InChI=1S/C29H38ClN3O2/c30-24-11-13-25(14-12-24)34-21-28-32-29-26(33(28)19-5-8-22-15-17-31-18-16-22)9-4-10-27(29)35-20-23-6-2-1-3-7-23/h4,9-14,22-23,31H,1-3,5-8,15-21H2. The van der Waals surface area contributed by atoms with Gasteiger partial charge < -0.3 is 19.4 Å². The summed E-state index contributed by atoms with van der Waals surface area (Å²) < 4.78 is 14.8. The first-order valence-corrected chi connectivity index (χ1v) is 13.8. The maximum absolute atomic E-state index is 6.36. The minimum absolute atomic E-state index is 0.422. The van der Waals surface area contributed by atoms with Crippen LogP contribution >= 0.6 is 11.6 Å². The molecule has 1 N–H and O–H groups in total. The van der Waals surface area contributed by atoms with E-state index in [2.05, 4.69) is 28.1 Å². The minimum atomic E-state index is 0.422. The maximum Gasteiger partial charge on any atom is 0.148 e. The Morgan fingerprint density at radius 1 is 0.914 bits per heavy atom. The fraction of sp³-hybridized carbons (Fsp3) is 0.552. The summed E-state index contributed by atoms with van der Waals surface area (Å²) in [6, 6.07) is 13.9. The lowest BCUT2D eigenvalue weighted by Gasteiger charge is -2.22. The Labute approximate surface area is 214 Å². The second-order valence-electron chi connectivity index (χ2n) is 10.2. The molecule has 2 aliphatic rings. The van der Waals surface area contributed by atoms with Crippen molar-refractivity contribution in [1.82, 2.24) is 14.9 Å². The molecule has 1 aliphatic carbocycles. The number of aryl methyl sites for hydroxylation is 1. The molecule has 0 atom stereocenters. The molecule has 0 bridgehead atoms. The van der Waals surface area contributed by atoms with Crippen LogP contribution in [0.5, 0.6) is 11.5 Å². The molecular weight excluding hydrogens is 458 g/mol. The quantitative estimate of drug-likeness (QED) is 0.328. The molecule has 5 rings (SSSR count). The van der Waals surface area contributed by atoms with Gasteiger partial charge in [0.1, 0.15) is 29.4 Å². The number of benzene rings is 2. The van der Waals surface area contributed by atoms with Crippen LogP contribution in [0.3, 0.4) is 0 Å². The van der Waals surface area contributed by atoms with Gasteiger partial charge in [-0.05, 0) is 99.8 Å². The van der Waals surface area contributed by atoms with Crippen LogP contribution in [-0.2, 0) is 13.2 Å². The molecule has 0 amide bonds. The Morgan fingerprint density at radius 3 is 2.51 bits per heavy atom. The van der Waals surface area contributed by atoms with Crippen LogP contribution in [0, 0.1) is 11.8 Å². The number of nitrogens with one attached hydrogen (secondary N) is 1. The molecule has 1 aliphatic heterocycles. The molecule has 0 spiro atoms. The molecular formula is C29H38ClN3O2. The SMILES string of the molecule is Clc1ccc(OCc2nc3c(OCC4CCCCC4)cccc3n2CCCC2CCNCC2)cc1. The first kappa shape index (κ1) is 24.5. The van der Waals surface area contributed by atoms with Gasteiger partial charge in [0.15, 0.2) is 0 Å². The van der Waals surface area contributed by atoms with E-state index in [1.54, 1.807) is 0 Å². The lowest BCUT2D eigenvalue weighted by atomic mass is 9.90. The molecule has 0 unspecified atom stereocenters. The number of rotatable bonds is 10. The van der Waals surface area contributed by atoms with Crippen LogP contribution in [0.25, 0.3) is 11.0 Å². The second-order valence-corrected chi connectivity index (χ2v) is 10.6. The lowest BCUT2D eigenvalue weighted by molar-refractivity contribution is 0.210. The molecule has 3 aromatic rings. The highest BCUT2D eigenvalue weighted by atomic mass is 35.5. The highest BCUT2D eigenvalue weighted by molar-refractivity contribution is 6.30. The smallest absolute Gasteiger partial charge is 0.148 e. The van der Waals surface area contributed by atoms with Crippen LogP contribution in [0.2, 0.25) is 5.02 Å².